The third-order valence-electron chi connectivity index (χ3n) is 3.83. The van der Waals surface area contributed by atoms with Crippen molar-refractivity contribution in [2.45, 2.75) is 33.4 Å². The molecule has 1 N–H and O–H groups in total. The minimum atomic E-state index is 0.282. The molecule has 1 aromatic carbocycles. The average molecular weight is 347 g/mol. The lowest BCUT2D eigenvalue weighted by atomic mass is 10.1. The van der Waals surface area contributed by atoms with Crippen molar-refractivity contribution < 1.29 is 4.52 Å². The van der Waals surface area contributed by atoms with Gasteiger partial charge in [0.2, 0.25) is 0 Å². The summed E-state index contributed by atoms with van der Waals surface area (Å²) in [6, 6.07) is 12.1. The Bertz CT molecular complexity index is 792. The summed E-state index contributed by atoms with van der Waals surface area (Å²) in [6.45, 7) is 7.13. The maximum absolute atomic E-state index is 5.91. The van der Waals surface area contributed by atoms with Crippen molar-refractivity contribution in [3.8, 4) is 11.3 Å². The summed E-state index contributed by atoms with van der Waals surface area (Å²) in [5.74, 6) is 0.825. The van der Waals surface area contributed by atoms with Crippen LogP contribution in [0.4, 0.5) is 0 Å². The van der Waals surface area contributed by atoms with Crippen molar-refractivity contribution in [2.24, 2.45) is 0 Å². The summed E-state index contributed by atoms with van der Waals surface area (Å²) < 4.78 is 5.43. The minimum absolute atomic E-state index is 0.282. The predicted molar refractivity (Wildman–Crippen MR) is 96.0 cm³/mol. The zero-order valence-corrected chi connectivity index (χ0v) is 15.0. The fourth-order valence-corrected chi connectivity index (χ4v) is 3.75. The van der Waals surface area contributed by atoms with Crippen LogP contribution in [-0.4, -0.2) is 5.16 Å². The Morgan fingerprint density at radius 1 is 1.22 bits per heavy atom. The number of benzene rings is 1. The molecular weight excluding hydrogens is 328 g/mol. The third kappa shape index (κ3) is 3.83. The van der Waals surface area contributed by atoms with Gasteiger partial charge in [-0.05, 0) is 44.5 Å². The summed E-state index contributed by atoms with van der Waals surface area (Å²) in [5, 5.41) is 8.34. The molecule has 2 aromatic heterocycles. The maximum atomic E-state index is 5.91. The first-order valence-electron chi connectivity index (χ1n) is 7.55. The molecule has 120 valence electrons. The highest BCUT2D eigenvalue weighted by Gasteiger charge is 2.12. The third-order valence-corrected chi connectivity index (χ3v) is 5.06. The van der Waals surface area contributed by atoms with E-state index in [4.69, 9.17) is 16.1 Å². The van der Waals surface area contributed by atoms with Crippen LogP contribution in [0.1, 0.15) is 34.0 Å². The van der Waals surface area contributed by atoms with Crippen molar-refractivity contribution in [1.29, 1.82) is 0 Å². The number of aromatic nitrogens is 1. The zero-order chi connectivity index (χ0) is 16.4. The first-order chi connectivity index (χ1) is 11.0. The average Bonchev–Trinajstić information content (AvgIpc) is 3.12. The van der Waals surface area contributed by atoms with Gasteiger partial charge in [-0.15, -0.1) is 11.3 Å². The largest absolute Gasteiger partial charge is 0.359 e. The molecule has 1 atom stereocenters. The van der Waals surface area contributed by atoms with Crippen LogP contribution in [0.25, 0.3) is 11.3 Å². The summed E-state index contributed by atoms with van der Waals surface area (Å²) in [5.41, 5.74) is 3.18. The molecule has 0 spiro atoms. The molecular formula is C18H19ClN2OS. The van der Waals surface area contributed by atoms with Gasteiger partial charge in [0.15, 0.2) is 5.76 Å². The van der Waals surface area contributed by atoms with Gasteiger partial charge in [-0.25, -0.2) is 0 Å². The van der Waals surface area contributed by atoms with Crippen LogP contribution in [0.5, 0.6) is 0 Å². The molecule has 0 saturated heterocycles. The molecule has 0 saturated carbocycles. The molecule has 3 aromatic rings. The Morgan fingerprint density at radius 3 is 2.61 bits per heavy atom. The fourth-order valence-electron chi connectivity index (χ4n) is 2.60. The molecule has 1 unspecified atom stereocenters. The van der Waals surface area contributed by atoms with Gasteiger partial charge in [-0.3, -0.25) is 0 Å². The van der Waals surface area contributed by atoms with Crippen molar-refractivity contribution in [2.75, 3.05) is 0 Å². The highest BCUT2D eigenvalue weighted by atomic mass is 35.5. The van der Waals surface area contributed by atoms with Gasteiger partial charge in [0.05, 0.1) is 6.54 Å². The highest BCUT2D eigenvalue weighted by molar-refractivity contribution is 7.12. The summed E-state index contributed by atoms with van der Waals surface area (Å²) in [6.07, 6.45) is 0. The van der Waals surface area contributed by atoms with Crippen LogP contribution in [-0.2, 0) is 6.54 Å². The molecule has 0 aliphatic heterocycles. The van der Waals surface area contributed by atoms with E-state index in [1.807, 2.05) is 41.7 Å². The van der Waals surface area contributed by atoms with E-state index in [0.717, 1.165) is 22.0 Å². The highest BCUT2D eigenvalue weighted by Crippen LogP contribution is 2.27. The van der Waals surface area contributed by atoms with Crippen LogP contribution in [0, 0.1) is 13.8 Å². The lowest BCUT2D eigenvalue weighted by Gasteiger charge is -2.12. The van der Waals surface area contributed by atoms with Crippen LogP contribution in [0.3, 0.4) is 0 Å². The van der Waals surface area contributed by atoms with Crippen LogP contribution < -0.4 is 5.32 Å². The smallest absolute Gasteiger partial charge is 0.151 e. The number of hydrogen-bond acceptors (Lipinski definition) is 4. The molecule has 0 aliphatic carbocycles. The molecule has 3 rings (SSSR count). The topological polar surface area (TPSA) is 38.1 Å². The van der Waals surface area contributed by atoms with E-state index in [-0.39, 0.29) is 6.04 Å². The van der Waals surface area contributed by atoms with Crippen molar-refractivity contribution in [1.82, 2.24) is 10.5 Å². The number of hydrogen-bond donors (Lipinski definition) is 1. The lowest BCUT2D eigenvalue weighted by Crippen LogP contribution is -2.17. The van der Waals surface area contributed by atoms with E-state index in [9.17, 15) is 0 Å². The molecule has 23 heavy (non-hydrogen) atoms. The SMILES string of the molecule is Cc1cc(C(C)NCc2cc(-c3ccc(Cl)cc3)no2)c(C)s1. The summed E-state index contributed by atoms with van der Waals surface area (Å²) in [7, 11) is 0. The second-order valence-electron chi connectivity index (χ2n) is 5.66. The van der Waals surface area contributed by atoms with Crippen LogP contribution in [0.2, 0.25) is 5.02 Å². The first kappa shape index (κ1) is 16.2. The molecule has 0 bridgehead atoms. The zero-order valence-electron chi connectivity index (χ0n) is 13.4. The predicted octanol–water partition coefficient (Wildman–Crippen LogP) is 5.52. The number of rotatable bonds is 5. The fraction of sp³-hybridized carbons (Fsp3) is 0.278. The van der Waals surface area contributed by atoms with Crippen molar-refractivity contribution in [3.63, 3.8) is 0 Å². The Kier molecular flexibility index (Phi) is 4.85. The second-order valence-corrected chi connectivity index (χ2v) is 7.55. The standard InChI is InChI=1S/C18H19ClN2OS/c1-11-8-17(13(3)23-11)12(2)20-10-16-9-18(21-22-16)14-4-6-15(19)7-5-14/h4-9,12,20H,10H2,1-3H3. The van der Waals surface area contributed by atoms with Gasteiger partial charge in [-0.2, -0.15) is 0 Å². The van der Waals surface area contributed by atoms with Gasteiger partial charge in [-0.1, -0.05) is 28.9 Å². The lowest BCUT2D eigenvalue weighted by molar-refractivity contribution is 0.367. The van der Waals surface area contributed by atoms with E-state index in [2.05, 4.69) is 37.3 Å². The van der Waals surface area contributed by atoms with Gasteiger partial charge in [0, 0.05) is 32.4 Å². The van der Waals surface area contributed by atoms with E-state index in [0.29, 0.717) is 6.54 Å². The number of nitrogens with zero attached hydrogens (tertiary/aromatic N) is 1. The van der Waals surface area contributed by atoms with E-state index in [1.165, 1.54) is 15.3 Å². The van der Waals surface area contributed by atoms with Crippen LogP contribution in [0.15, 0.2) is 40.9 Å². The monoisotopic (exact) mass is 346 g/mol. The van der Waals surface area contributed by atoms with E-state index >= 15 is 0 Å². The molecule has 0 amide bonds. The maximum Gasteiger partial charge on any atom is 0.151 e. The number of aryl methyl sites for hydroxylation is 2. The van der Waals surface area contributed by atoms with E-state index < -0.39 is 0 Å². The molecule has 0 radical (unpaired) electrons. The second kappa shape index (κ2) is 6.87. The Morgan fingerprint density at radius 2 is 1.96 bits per heavy atom. The van der Waals surface area contributed by atoms with Gasteiger partial charge in [0.25, 0.3) is 0 Å². The number of thiophene rings is 1. The summed E-state index contributed by atoms with van der Waals surface area (Å²) >= 11 is 7.74. The molecule has 0 aliphatic rings. The van der Waals surface area contributed by atoms with Gasteiger partial charge < -0.3 is 9.84 Å². The van der Waals surface area contributed by atoms with Crippen LogP contribution >= 0.6 is 22.9 Å². The van der Waals surface area contributed by atoms with Gasteiger partial charge >= 0.3 is 0 Å². The quantitative estimate of drug-likeness (QED) is 0.660. The Labute approximate surface area is 145 Å². The number of halogens is 1. The van der Waals surface area contributed by atoms with E-state index in [1.54, 1.807) is 0 Å². The molecule has 3 nitrogen and oxygen atoms in total. The molecule has 0 fully saturated rings. The van der Waals surface area contributed by atoms with Gasteiger partial charge in [0.1, 0.15) is 5.69 Å². The number of nitrogens with one attached hydrogen (secondary N) is 1. The van der Waals surface area contributed by atoms with Crippen molar-refractivity contribution in [3.05, 3.63) is 62.5 Å². The summed E-state index contributed by atoms with van der Waals surface area (Å²) in [4.78, 5) is 2.71. The molecule has 5 heteroatoms. The first-order valence-corrected chi connectivity index (χ1v) is 8.74. The Balaban J connectivity index is 1.65. The van der Waals surface area contributed by atoms with Crippen molar-refractivity contribution >= 4 is 22.9 Å². The molecule has 2 heterocycles. The normalized spacial score (nSPS) is 12.5. The minimum Gasteiger partial charge on any atom is -0.359 e. The Hall–Kier alpha value is -1.62.